The zero-order chi connectivity index (χ0) is 14.8. The normalized spacial score (nSPS) is 11.8. The fourth-order valence-electron chi connectivity index (χ4n) is 1.77. The number of nitrogen functional groups attached to an aromatic ring is 1. The van der Waals surface area contributed by atoms with Crippen LogP contribution in [0.25, 0.3) is 0 Å². The minimum Gasteiger partial charge on any atom is -0.399 e. The van der Waals surface area contributed by atoms with Crippen LogP contribution in [0.1, 0.15) is 5.56 Å². The minimum atomic E-state index is -3.71. The Morgan fingerprint density at radius 3 is 2.40 bits per heavy atom. The van der Waals surface area contributed by atoms with E-state index in [4.69, 9.17) is 5.73 Å². The predicted octanol–water partition coefficient (Wildman–Crippen LogP) is 2.23. The summed E-state index contributed by atoms with van der Waals surface area (Å²) in [6.07, 6.45) is 0. The first-order valence-electron chi connectivity index (χ1n) is 5.96. The van der Waals surface area contributed by atoms with Crippen molar-refractivity contribution in [1.82, 2.24) is 4.31 Å². The molecule has 0 fully saturated rings. The Bertz CT molecular complexity index is 699. The third-order valence-electron chi connectivity index (χ3n) is 2.89. The zero-order valence-electron chi connectivity index (χ0n) is 11.0. The molecule has 0 amide bonds. The van der Waals surface area contributed by atoms with E-state index in [1.54, 1.807) is 24.3 Å². The summed E-state index contributed by atoms with van der Waals surface area (Å²) in [5.74, 6) is -0.577. The van der Waals surface area contributed by atoms with E-state index in [2.05, 4.69) is 0 Å². The summed E-state index contributed by atoms with van der Waals surface area (Å²) in [4.78, 5) is -0.0598. The van der Waals surface area contributed by atoms with E-state index < -0.39 is 15.8 Å². The summed E-state index contributed by atoms with van der Waals surface area (Å²) in [7, 11) is -2.25. The van der Waals surface area contributed by atoms with Crippen LogP contribution in [0.4, 0.5) is 10.1 Å². The SMILES string of the molecule is CN(Cc1ccc(N)cc1)S(=O)(=O)c1cccc(F)c1. The van der Waals surface area contributed by atoms with Crippen LogP contribution in [0, 0.1) is 5.82 Å². The predicted molar refractivity (Wildman–Crippen MR) is 75.9 cm³/mol. The second kappa shape index (κ2) is 5.60. The Morgan fingerprint density at radius 1 is 1.15 bits per heavy atom. The molecular formula is C14H15FN2O2S. The number of nitrogens with zero attached hydrogens (tertiary/aromatic N) is 1. The maximum Gasteiger partial charge on any atom is 0.243 e. The largest absolute Gasteiger partial charge is 0.399 e. The van der Waals surface area contributed by atoms with Crippen LogP contribution >= 0.6 is 0 Å². The van der Waals surface area contributed by atoms with Crippen molar-refractivity contribution in [2.24, 2.45) is 0 Å². The molecule has 0 unspecified atom stereocenters. The fraction of sp³-hybridized carbons (Fsp3) is 0.143. The van der Waals surface area contributed by atoms with Gasteiger partial charge in [0.25, 0.3) is 0 Å². The third-order valence-corrected chi connectivity index (χ3v) is 4.69. The molecule has 2 aromatic carbocycles. The van der Waals surface area contributed by atoms with Crippen LogP contribution in [0.15, 0.2) is 53.4 Å². The van der Waals surface area contributed by atoms with Crippen molar-refractivity contribution in [3.63, 3.8) is 0 Å². The van der Waals surface area contributed by atoms with Crippen LogP contribution < -0.4 is 5.73 Å². The first kappa shape index (κ1) is 14.5. The molecule has 0 spiro atoms. The van der Waals surface area contributed by atoms with Crippen molar-refractivity contribution in [3.05, 3.63) is 59.9 Å². The van der Waals surface area contributed by atoms with Gasteiger partial charge >= 0.3 is 0 Å². The maximum atomic E-state index is 13.1. The summed E-state index contributed by atoms with van der Waals surface area (Å²) >= 11 is 0. The molecule has 0 bridgehead atoms. The van der Waals surface area contributed by atoms with E-state index in [0.29, 0.717) is 5.69 Å². The van der Waals surface area contributed by atoms with Crippen molar-refractivity contribution >= 4 is 15.7 Å². The van der Waals surface area contributed by atoms with Gasteiger partial charge in [0.2, 0.25) is 10.0 Å². The molecule has 20 heavy (non-hydrogen) atoms. The monoisotopic (exact) mass is 294 g/mol. The van der Waals surface area contributed by atoms with Crippen molar-refractivity contribution in [2.45, 2.75) is 11.4 Å². The van der Waals surface area contributed by atoms with Crippen LogP contribution in [0.5, 0.6) is 0 Å². The van der Waals surface area contributed by atoms with Gasteiger partial charge in [0, 0.05) is 19.3 Å². The molecule has 4 nitrogen and oxygen atoms in total. The highest BCUT2D eigenvalue weighted by molar-refractivity contribution is 7.89. The Hall–Kier alpha value is -1.92. The second-order valence-electron chi connectivity index (χ2n) is 4.46. The molecule has 6 heteroatoms. The molecule has 0 atom stereocenters. The maximum absolute atomic E-state index is 13.1. The van der Waals surface area contributed by atoms with Gasteiger partial charge in [-0.2, -0.15) is 4.31 Å². The quantitative estimate of drug-likeness (QED) is 0.880. The van der Waals surface area contributed by atoms with Gasteiger partial charge in [-0.15, -0.1) is 0 Å². The van der Waals surface area contributed by atoms with E-state index in [1.165, 1.54) is 29.6 Å². The summed E-state index contributed by atoms with van der Waals surface area (Å²) in [5.41, 5.74) is 7.00. The molecule has 0 aliphatic heterocycles. The van der Waals surface area contributed by atoms with Crippen LogP contribution in [0.3, 0.4) is 0 Å². The van der Waals surface area contributed by atoms with Gasteiger partial charge in [-0.05, 0) is 35.9 Å². The number of hydrogen-bond acceptors (Lipinski definition) is 3. The number of benzene rings is 2. The van der Waals surface area contributed by atoms with E-state index in [9.17, 15) is 12.8 Å². The van der Waals surface area contributed by atoms with Gasteiger partial charge in [-0.1, -0.05) is 18.2 Å². The lowest BCUT2D eigenvalue weighted by Gasteiger charge is -2.17. The molecular weight excluding hydrogens is 279 g/mol. The number of anilines is 1. The molecule has 2 rings (SSSR count). The van der Waals surface area contributed by atoms with Gasteiger partial charge in [0.1, 0.15) is 5.82 Å². The standard InChI is InChI=1S/C14H15FN2O2S/c1-17(10-11-5-7-13(16)8-6-11)20(18,19)14-4-2-3-12(15)9-14/h2-9H,10,16H2,1H3. The average Bonchev–Trinajstić information content (AvgIpc) is 2.41. The molecule has 2 aromatic rings. The van der Waals surface area contributed by atoms with E-state index in [-0.39, 0.29) is 11.4 Å². The average molecular weight is 294 g/mol. The zero-order valence-corrected chi connectivity index (χ0v) is 11.8. The Kier molecular flexibility index (Phi) is 4.06. The molecule has 106 valence electrons. The summed E-state index contributed by atoms with van der Waals surface area (Å²) in [6.45, 7) is 0.194. The second-order valence-corrected chi connectivity index (χ2v) is 6.50. The molecule has 0 radical (unpaired) electrons. The summed E-state index contributed by atoms with van der Waals surface area (Å²) in [5, 5.41) is 0. The Labute approximate surface area is 117 Å². The lowest BCUT2D eigenvalue weighted by atomic mass is 10.2. The van der Waals surface area contributed by atoms with Gasteiger partial charge in [-0.25, -0.2) is 12.8 Å². The van der Waals surface area contributed by atoms with Gasteiger partial charge in [0.15, 0.2) is 0 Å². The Balaban J connectivity index is 2.23. The number of halogens is 1. The first-order chi connectivity index (χ1) is 9.39. The summed E-state index contributed by atoms with van der Waals surface area (Å²) < 4.78 is 38.9. The van der Waals surface area contributed by atoms with E-state index >= 15 is 0 Å². The molecule has 0 heterocycles. The van der Waals surface area contributed by atoms with Crippen molar-refractivity contribution in [3.8, 4) is 0 Å². The highest BCUT2D eigenvalue weighted by atomic mass is 32.2. The smallest absolute Gasteiger partial charge is 0.243 e. The van der Waals surface area contributed by atoms with Crippen molar-refractivity contribution in [1.29, 1.82) is 0 Å². The fourth-order valence-corrected chi connectivity index (χ4v) is 2.96. The van der Waals surface area contributed by atoms with Crippen LogP contribution in [-0.2, 0) is 16.6 Å². The van der Waals surface area contributed by atoms with Gasteiger partial charge in [-0.3, -0.25) is 0 Å². The number of sulfonamides is 1. The van der Waals surface area contributed by atoms with Gasteiger partial charge in [0.05, 0.1) is 4.90 Å². The Morgan fingerprint density at radius 2 is 1.80 bits per heavy atom. The summed E-state index contributed by atoms with van der Waals surface area (Å²) in [6, 6.07) is 11.9. The molecule has 0 saturated heterocycles. The topological polar surface area (TPSA) is 63.4 Å². The highest BCUT2D eigenvalue weighted by Gasteiger charge is 2.21. The lowest BCUT2D eigenvalue weighted by Crippen LogP contribution is -2.26. The highest BCUT2D eigenvalue weighted by Crippen LogP contribution is 2.18. The molecule has 0 aliphatic carbocycles. The van der Waals surface area contributed by atoms with E-state index in [1.807, 2.05) is 0 Å². The molecule has 0 aliphatic rings. The minimum absolute atomic E-state index is 0.0598. The van der Waals surface area contributed by atoms with E-state index in [0.717, 1.165) is 11.6 Å². The van der Waals surface area contributed by atoms with Crippen LogP contribution in [0.2, 0.25) is 0 Å². The number of hydrogen-bond donors (Lipinski definition) is 1. The first-order valence-corrected chi connectivity index (χ1v) is 7.40. The molecule has 0 saturated carbocycles. The van der Waals surface area contributed by atoms with Crippen molar-refractivity contribution in [2.75, 3.05) is 12.8 Å². The third kappa shape index (κ3) is 3.15. The van der Waals surface area contributed by atoms with Crippen molar-refractivity contribution < 1.29 is 12.8 Å². The molecule has 2 N–H and O–H groups in total. The van der Waals surface area contributed by atoms with Gasteiger partial charge < -0.3 is 5.73 Å². The number of nitrogens with two attached hydrogens (primary N) is 1. The lowest BCUT2D eigenvalue weighted by molar-refractivity contribution is 0.466. The van der Waals surface area contributed by atoms with Crippen LogP contribution in [-0.4, -0.2) is 19.8 Å². The molecule has 0 aromatic heterocycles. The number of rotatable bonds is 4.